The number of hydrogen-bond donors (Lipinski definition) is 1. The van der Waals surface area contributed by atoms with Crippen molar-refractivity contribution < 1.29 is 13.6 Å². The number of aromatic nitrogens is 3. The van der Waals surface area contributed by atoms with Crippen LogP contribution < -0.4 is 5.32 Å². The molecule has 6 nitrogen and oxygen atoms in total. The first-order valence-electron chi connectivity index (χ1n) is 7.96. The van der Waals surface area contributed by atoms with Crippen LogP contribution in [0.1, 0.15) is 5.76 Å². The van der Waals surface area contributed by atoms with Crippen LogP contribution in [0.3, 0.4) is 0 Å². The zero-order chi connectivity index (χ0) is 19.4. The van der Waals surface area contributed by atoms with Gasteiger partial charge in [-0.15, -0.1) is 16.8 Å². The maximum Gasteiger partial charge on any atom is 0.234 e. The summed E-state index contributed by atoms with van der Waals surface area (Å²) >= 11 is 6.96. The Bertz CT molecular complexity index is 986. The molecule has 1 amide bonds. The van der Waals surface area contributed by atoms with Crippen molar-refractivity contribution in [1.82, 2.24) is 14.8 Å². The van der Waals surface area contributed by atoms with Crippen molar-refractivity contribution in [3.63, 3.8) is 0 Å². The number of carbonyl (C=O) groups excluding carboxylic acids is 1. The molecule has 0 atom stereocenters. The van der Waals surface area contributed by atoms with Gasteiger partial charge in [0.2, 0.25) is 5.91 Å². The number of allylic oxidation sites excluding steroid dienone is 1. The zero-order valence-electron chi connectivity index (χ0n) is 14.4. The van der Waals surface area contributed by atoms with Crippen LogP contribution in [0, 0.1) is 12.7 Å². The number of aryl methyl sites for hydroxylation is 1. The molecule has 0 saturated carbocycles. The van der Waals surface area contributed by atoms with Crippen molar-refractivity contribution in [1.29, 1.82) is 0 Å². The lowest BCUT2D eigenvalue weighted by molar-refractivity contribution is -0.113. The molecule has 0 aliphatic heterocycles. The summed E-state index contributed by atoms with van der Waals surface area (Å²) in [5.41, 5.74) is 1.26. The van der Waals surface area contributed by atoms with Crippen LogP contribution in [0.25, 0.3) is 11.4 Å². The minimum atomic E-state index is -0.538. The third-order valence-corrected chi connectivity index (χ3v) is 4.92. The number of rotatable bonds is 7. The number of nitrogens with zero attached hydrogens (tertiary/aromatic N) is 3. The second kappa shape index (κ2) is 8.41. The average molecular weight is 407 g/mol. The fraction of sp³-hybridized carbons (Fsp3) is 0.167. The highest BCUT2D eigenvalue weighted by Crippen LogP contribution is 2.27. The molecule has 0 aliphatic carbocycles. The van der Waals surface area contributed by atoms with E-state index in [1.165, 1.54) is 30.0 Å². The standard InChI is InChI=1S/C18H16ClFN4O2S/c1-3-7-24-17(13-6-8-26-11(13)2)22-23-18(24)27-10-16(25)21-12-4-5-15(20)14(19)9-12/h3-6,8-9H,1,7,10H2,2H3,(H,21,25). The second-order valence-corrected chi connectivity index (χ2v) is 6.91. The van der Waals surface area contributed by atoms with Crippen molar-refractivity contribution in [2.75, 3.05) is 11.1 Å². The molecule has 0 saturated heterocycles. The van der Waals surface area contributed by atoms with Crippen molar-refractivity contribution >= 4 is 35.0 Å². The van der Waals surface area contributed by atoms with Crippen molar-refractivity contribution in [3.8, 4) is 11.4 Å². The fourth-order valence-corrected chi connectivity index (χ4v) is 3.33. The number of benzene rings is 1. The fourth-order valence-electron chi connectivity index (χ4n) is 2.41. The van der Waals surface area contributed by atoms with Crippen molar-refractivity contribution in [2.45, 2.75) is 18.6 Å². The van der Waals surface area contributed by atoms with Crippen molar-refractivity contribution in [3.05, 3.63) is 59.8 Å². The molecule has 0 spiro atoms. The Balaban J connectivity index is 1.71. The molecule has 0 fully saturated rings. The number of halogens is 2. The normalized spacial score (nSPS) is 10.8. The number of anilines is 1. The third kappa shape index (κ3) is 4.40. The van der Waals surface area contributed by atoms with Crippen LogP contribution in [0.2, 0.25) is 5.02 Å². The topological polar surface area (TPSA) is 73.0 Å². The van der Waals surface area contributed by atoms with E-state index in [0.717, 1.165) is 11.3 Å². The molecule has 27 heavy (non-hydrogen) atoms. The number of nitrogens with one attached hydrogen (secondary N) is 1. The van der Waals surface area contributed by atoms with Gasteiger partial charge in [-0.05, 0) is 31.2 Å². The summed E-state index contributed by atoms with van der Waals surface area (Å²) in [6, 6.07) is 5.83. The summed E-state index contributed by atoms with van der Waals surface area (Å²) in [7, 11) is 0. The van der Waals surface area contributed by atoms with E-state index in [2.05, 4.69) is 22.1 Å². The van der Waals surface area contributed by atoms with Gasteiger partial charge in [0.15, 0.2) is 11.0 Å². The average Bonchev–Trinajstić information content (AvgIpc) is 3.22. The summed E-state index contributed by atoms with van der Waals surface area (Å²) in [5, 5.41) is 11.6. The van der Waals surface area contributed by atoms with Crippen LogP contribution in [0.4, 0.5) is 10.1 Å². The summed E-state index contributed by atoms with van der Waals surface area (Å²) in [6.07, 6.45) is 3.32. The predicted octanol–water partition coefficient (Wildman–Crippen LogP) is 4.56. The van der Waals surface area contributed by atoms with Gasteiger partial charge in [-0.2, -0.15) is 0 Å². The van der Waals surface area contributed by atoms with Crippen LogP contribution >= 0.6 is 23.4 Å². The maximum atomic E-state index is 13.2. The minimum Gasteiger partial charge on any atom is -0.469 e. The number of carbonyl (C=O) groups is 1. The van der Waals surface area contributed by atoms with Gasteiger partial charge in [-0.1, -0.05) is 29.4 Å². The Kier molecular flexibility index (Phi) is 5.98. The highest BCUT2D eigenvalue weighted by atomic mass is 35.5. The minimum absolute atomic E-state index is 0.0497. The first kappa shape index (κ1) is 19.2. The third-order valence-electron chi connectivity index (χ3n) is 3.66. The molecule has 3 rings (SSSR count). The van der Waals surface area contributed by atoms with E-state index in [1.54, 1.807) is 12.3 Å². The molecule has 0 unspecified atom stereocenters. The second-order valence-electron chi connectivity index (χ2n) is 5.56. The molecule has 140 valence electrons. The lowest BCUT2D eigenvalue weighted by Crippen LogP contribution is -2.14. The molecule has 0 radical (unpaired) electrons. The van der Waals surface area contributed by atoms with E-state index >= 15 is 0 Å². The molecule has 1 N–H and O–H groups in total. The number of furan rings is 1. The van der Waals surface area contributed by atoms with E-state index in [-0.39, 0.29) is 16.7 Å². The van der Waals surface area contributed by atoms with E-state index in [0.29, 0.717) is 23.2 Å². The van der Waals surface area contributed by atoms with Gasteiger partial charge in [0, 0.05) is 12.2 Å². The van der Waals surface area contributed by atoms with E-state index in [4.69, 9.17) is 16.0 Å². The molecule has 1 aromatic carbocycles. The van der Waals surface area contributed by atoms with Crippen molar-refractivity contribution in [2.24, 2.45) is 0 Å². The highest BCUT2D eigenvalue weighted by molar-refractivity contribution is 7.99. The monoisotopic (exact) mass is 406 g/mol. The summed E-state index contributed by atoms with van der Waals surface area (Å²) in [6.45, 7) is 6.09. The lowest BCUT2D eigenvalue weighted by atomic mass is 10.2. The van der Waals surface area contributed by atoms with Crippen LogP contribution in [0.5, 0.6) is 0 Å². The van der Waals surface area contributed by atoms with Crippen LogP contribution in [-0.4, -0.2) is 26.4 Å². The maximum absolute atomic E-state index is 13.2. The molecule has 0 bridgehead atoms. The van der Waals surface area contributed by atoms with Gasteiger partial charge >= 0.3 is 0 Å². The van der Waals surface area contributed by atoms with Gasteiger partial charge < -0.3 is 9.73 Å². The van der Waals surface area contributed by atoms with Crippen LogP contribution in [0.15, 0.2) is 52.8 Å². The summed E-state index contributed by atoms with van der Waals surface area (Å²) in [4.78, 5) is 12.2. The van der Waals surface area contributed by atoms with Gasteiger partial charge in [0.25, 0.3) is 0 Å². The molecule has 0 aliphatic rings. The lowest BCUT2D eigenvalue weighted by Gasteiger charge is -2.08. The summed E-state index contributed by atoms with van der Waals surface area (Å²) in [5.74, 6) is 0.680. The SMILES string of the molecule is C=CCn1c(SCC(=O)Nc2ccc(F)c(Cl)c2)nnc1-c1ccoc1C. The molecular weight excluding hydrogens is 391 g/mol. The Hall–Kier alpha value is -2.58. The number of thioether (sulfide) groups is 1. The summed E-state index contributed by atoms with van der Waals surface area (Å²) < 4.78 is 20.4. The first-order valence-corrected chi connectivity index (χ1v) is 9.32. The van der Waals surface area contributed by atoms with Gasteiger partial charge in [-0.3, -0.25) is 9.36 Å². The molecule has 9 heteroatoms. The molecule has 2 aromatic heterocycles. The van der Waals surface area contributed by atoms with E-state index < -0.39 is 5.82 Å². The first-order chi connectivity index (χ1) is 13.0. The zero-order valence-corrected chi connectivity index (χ0v) is 16.0. The predicted molar refractivity (Wildman–Crippen MR) is 103 cm³/mol. The van der Waals surface area contributed by atoms with Gasteiger partial charge in [-0.25, -0.2) is 4.39 Å². The van der Waals surface area contributed by atoms with Crippen LogP contribution in [-0.2, 0) is 11.3 Å². The molecule has 2 heterocycles. The molecular formula is C18H16ClFN4O2S. The Morgan fingerprint density at radius 2 is 2.26 bits per heavy atom. The molecule has 3 aromatic rings. The highest BCUT2D eigenvalue weighted by Gasteiger charge is 2.17. The van der Waals surface area contributed by atoms with E-state index in [9.17, 15) is 9.18 Å². The van der Waals surface area contributed by atoms with Gasteiger partial charge in [0.1, 0.15) is 11.6 Å². The number of hydrogen-bond acceptors (Lipinski definition) is 5. The largest absolute Gasteiger partial charge is 0.469 e. The smallest absolute Gasteiger partial charge is 0.234 e. The Labute approximate surface area is 164 Å². The van der Waals surface area contributed by atoms with E-state index in [1.807, 2.05) is 17.6 Å². The Morgan fingerprint density at radius 3 is 2.93 bits per heavy atom. The Morgan fingerprint density at radius 1 is 1.44 bits per heavy atom. The quantitative estimate of drug-likeness (QED) is 0.460. The number of amides is 1. The van der Waals surface area contributed by atoms with Gasteiger partial charge in [0.05, 0.1) is 22.6 Å².